The largest absolute Gasteiger partial charge is 0.303 e. The standard InChI is InChI=1S/C16H31N/c1-4-5-15-6-10-17(11-7-15)13-16(8-9-16)12-14(2)3/h14-15H,4-13H2,1-3H3. The second-order valence-electron chi connectivity index (χ2n) is 7.11. The second-order valence-corrected chi connectivity index (χ2v) is 7.11. The minimum Gasteiger partial charge on any atom is -0.303 e. The Morgan fingerprint density at radius 1 is 1.18 bits per heavy atom. The van der Waals surface area contributed by atoms with Gasteiger partial charge in [0, 0.05) is 6.54 Å². The zero-order chi connectivity index (χ0) is 12.3. The van der Waals surface area contributed by atoms with Crippen LogP contribution in [0.15, 0.2) is 0 Å². The number of piperidine rings is 1. The molecule has 100 valence electrons. The fourth-order valence-electron chi connectivity index (χ4n) is 3.79. The fourth-order valence-corrected chi connectivity index (χ4v) is 3.79. The predicted molar refractivity (Wildman–Crippen MR) is 75.2 cm³/mol. The van der Waals surface area contributed by atoms with Crippen molar-refractivity contribution in [1.29, 1.82) is 0 Å². The molecule has 2 rings (SSSR count). The first-order chi connectivity index (χ1) is 8.13. The van der Waals surface area contributed by atoms with Crippen molar-refractivity contribution in [1.82, 2.24) is 4.90 Å². The molecule has 0 spiro atoms. The molecule has 2 fully saturated rings. The molecule has 1 aliphatic carbocycles. The SMILES string of the molecule is CCCC1CCN(CC2(CC(C)C)CC2)CC1. The van der Waals surface area contributed by atoms with Crippen LogP contribution in [0, 0.1) is 17.3 Å². The monoisotopic (exact) mass is 237 g/mol. The Bertz CT molecular complexity index is 222. The number of likely N-dealkylation sites (tertiary alicyclic amines) is 1. The topological polar surface area (TPSA) is 3.24 Å². The predicted octanol–water partition coefficient (Wildman–Crippen LogP) is 4.32. The molecule has 0 amide bonds. The first-order valence-corrected chi connectivity index (χ1v) is 7.86. The van der Waals surface area contributed by atoms with Gasteiger partial charge in [0.2, 0.25) is 0 Å². The van der Waals surface area contributed by atoms with E-state index < -0.39 is 0 Å². The summed E-state index contributed by atoms with van der Waals surface area (Å²) in [4.78, 5) is 2.77. The van der Waals surface area contributed by atoms with Crippen LogP contribution in [0.4, 0.5) is 0 Å². The van der Waals surface area contributed by atoms with Gasteiger partial charge in [-0.1, -0.05) is 33.6 Å². The van der Waals surface area contributed by atoms with Gasteiger partial charge < -0.3 is 4.90 Å². The van der Waals surface area contributed by atoms with Crippen molar-refractivity contribution in [2.24, 2.45) is 17.3 Å². The van der Waals surface area contributed by atoms with Crippen LogP contribution in [0.3, 0.4) is 0 Å². The van der Waals surface area contributed by atoms with Gasteiger partial charge in [0.05, 0.1) is 0 Å². The third kappa shape index (κ3) is 3.98. The number of hydrogen-bond acceptors (Lipinski definition) is 1. The van der Waals surface area contributed by atoms with Crippen molar-refractivity contribution in [2.75, 3.05) is 19.6 Å². The Kier molecular flexibility index (Phi) is 4.52. The summed E-state index contributed by atoms with van der Waals surface area (Å²) in [6.07, 6.45) is 10.2. The van der Waals surface area contributed by atoms with Crippen LogP contribution in [0.2, 0.25) is 0 Å². The summed E-state index contributed by atoms with van der Waals surface area (Å²) >= 11 is 0. The van der Waals surface area contributed by atoms with Crippen molar-refractivity contribution < 1.29 is 0 Å². The summed E-state index contributed by atoms with van der Waals surface area (Å²) in [5.41, 5.74) is 0.742. The average Bonchev–Trinajstić information content (AvgIpc) is 3.00. The van der Waals surface area contributed by atoms with Gasteiger partial charge in [-0.25, -0.2) is 0 Å². The molecule has 1 aliphatic heterocycles. The second kappa shape index (κ2) is 5.73. The molecule has 2 aliphatic rings. The van der Waals surface area contributed by atoms with E-state index in [0.29, 0.717) is 0 Å². The summed E-state index contributed by atoms with van der Waals surface area (Å²) in [7, 11) is 0. The van der Waals surface area contributed by atoms with Crippen LogP contribution >= 0.6 is 0 Å². The van der Waals surface area contributed by atoms with E-state index in [-0.39, 0.29) is 0 Å². The van der Waals surface area contributed by atoms with Gasteiger partial charge in [0.15, 0.2) is 0 Å². The van der Waals surface area contributed by atoms with Crippen LogP contribution in [0.5, 0.6) is 0 Å². The van der Waals surface area contributed by atoms with Crippen molar-refractivity contribution in [3.05, 3.63) is 0 Å². The Labute approximate surface area is 108 Å². The van der Waals surface area contributed by atoms with E-state index in [4.69, 9.17) is 0 Å². The third-order valence-corrected chi connectivity index (χ3v) is 4.76. The first kappa shape index (κ1) is 13.4. The highest BCUT2D eigenvalue weighted by molar-refractivity contribution is 4.96. The lowest BCUT2D eigenvalue weighted by Gasteiger charge is -2.35. The Balaban J connectivity index is 1.71. The van der Waals surface area contributed by atoms with Gasteiger partial charge >= 0.3 is 0 Å². The molecule has 0 bridgehead atoms. The van der Waals surface area contributed by atoms with Gasteiger partial charge in [0.1, 0.15) is 0 Å². The van der Waals surface area contributed by atoms with Crippen LogP contribution in [0.1, 0.15) is 65.7 Å². The van der Waals surface area contributed by atoms with Gasteiger partial charge in [-0.2, -0.15) is 0 Å². The van der Waals surface area contributed by atoms with Crippen molar-refractivity contribution in [3.63, 3.8) is 0 Å². The maximum atomic E-state index is 2.77. The molecular weight excluding hydrogens is 206 g/mol. The quantitative estimate of drug-likeness (QED) is 0.665. The Morgan fingerprint density at radius 2 is 1.82 bits per heavy atom. The molecule has 0 aromatic rings. The smallest absolute Gasteiger partial charge is 0.00381 e. The lowest BCUT2D eigenvalue weighted by Crippen LogP contribution is -2.38. The number of rotatable bonds is 6. The van der Waals surface area contributed by atoms with E-state index in [1.54, 1.807) is 0 Å². The molecule has 0 aromatic heterocycles. The minimum absolute atomic E-state index is 0.742. The molecule has 0 atom stereocenters. The average molecular weight is 237 g/mol. The van der Waals surface area contributed by atoms with E-state index >= 15 is 0 Å². The molecule has 0 radical (unpaired) electrons. The van der Waals surface area contributed by atoms with E-state index in [2.05, 4.69) is 25.7 Å². The van der Waals surface area contributed by atoms with Crippen LogP contribution in [-0.4, -0.2) is 24.5 Å². The van der Waals surface area contributed by atoms with Crippen LogP contribution < -0.4 is 0 Å². The maximum absolute atomic E-state index is 2.77. The minimum atomic E-state index is 0.742. The van der Waals surface area contributed by atoms with Gasteiger partial charge in [-0.05, 0) is 62.4 Å². The Morgan fingerprint density at radius 3 is 2.29 bits per heavy atom. The van der Waals surface area contributed by atoms with Crippen molar-refractivity contribution >= 4 is 0 Å². The van der Waals surface area contributed by atoms with Crippen LogP contribution in [0.25, 0.3) is 0 Å². The molecule has 0 N–H and O–H groups in total. The lowest BCUT2D eigenvalue weighted by molar-refractivity contribution is 0.140. The van der Waals surface area contributed by atoms with Gasteiger partial charge in [-0.3, -0.25) is 0 Å². The molecule has 1 heteroatoms. The molecule has 1 saturated carbocycles. The molecule has 0 aromatic carbocycles. The van der Waals surface area contributed by atoms with Gasteiger partial charge in [0.25, 0.3) is 0 Å². The van der Waals surface area contributed by atoms with Crippen molar-refractivity contribution in [3.8, 4) is 0 Å². The fraction of sp³-hybridized carbons (Fsp3) is 1.00. The summed E-state index contributed by atoms with van der Waals surface area (Å²) in [5.74, 6) is 1.92. The summed E-state index contributed by atoms with van der Waals surface area (Å²) < 4.78 is 0. The van der Waals surface area contributed by atoms with E-state index in [9.17, 15) is 0 Å². The molecule has 1 nitrogen and oxygen atoms in total. The zero-order valence-electron chi connectivity index (χ0n) is 12.2. The highest BCUT2D eigenvalue weighted by Crippen LogP contribution is 2.51. The zero-order valence-corrected chi connectivity index (χ0v) is 12.2. The van der Waals surface area contributed by atoms with Crippen LogP contribution in [-0.2, 0) is 0 Å². The van der Waals surface area contributed by atoms with E-state index in [0.717, 1.165) is 17.3 Å². The Hall–Kier alpha value is -0.0400. The molecular formula is C16H31N. The summed E-state index contributed by atoms with van der Waals surface area (Å²) in [6, 6.07) is 0. The summed E-state index contributed by atoms with van der Waals surface area (Å²) in [6.45, 7) is 11.3. The highest BCUT2D eigenvalue weighted by atomic mass is 15.1. The molecule has 17 heavy (non-hydrogen) atoms. The van der Waals surface area contributed by atoms with E-state index in [1.165, 1.54) is 64.6 Å². The van der Waals surface area contributed by atoms with E-state index in [1.807, 2.05) is 0 Å². The molecule has 1 saturated heterocycles. The molecule has 1 heterocycles. The first-order valence-electron chi connectivity index (χ1n) is 7.86. The molecule has 0 unspecified atom stereocenters. The van der Waals surface area contributed by atoms with Crippen molar-refractivity contribution in [2.45, 2.75) is 65.7 Å². The lowest BCUT2D eigenvalue weighted by atomic mass is 9.89. The van der Waals surface area contributed by atoms with Gasteiger partial charge in [-0.15, -0.1) is 0 Å². The maximum Gasteiger partial charge on any atom is 0.00381 e. The highest BCUT2D eigenvalue weighted by Gasteiger charge is 2.44. The summed E-state index contributed by atoms with van der Waals surface area (Å²) in [5, 5.41) is 0. The number of hydrogen-bond donors (Lipinski definition) is 0. The normalized spacial score (nSPS) is 25.4. The third-order valence-electron chi connectivity index (χ3n) is 4.76. The number of nitrogens with zero attached hydrogens (tertiary/aromatic N) is 1.